The van der Waals surface area contributed by atoms with Crippen LogP contribution in [0.1, 0.15) is 18.1 Å². The number of nitrogens with one attached hydrogen (secondary N) is 2. The molecule has 146 valence electrons. The van der Waals surface area contributed by atoms with Crippen molar-refractivity contribution < 1.29 is 22.8 Å². The van der Waals surface area contributed by atoms with Crippen LogP contribution in [0, 0.1) is 6.92 Å². The topological polar surface area (TPSA) is 73.8 Å². The molecular weight excluding hydrogens is 373 g/mol. The molecule has 1 atom stereocenters. The zero-order valence-corrected chi connectivity index (χ0v) is 15.0. The van der Waals surface area contributed by atoms with Crippen LogP contribution in [-0.4, -0.2) is 23.7 Å². The van der Waals surface area contributed by atoms with Crippen molar-refractivity contribution in [1.29, 1.82) is 0 Å². The molecule has 0 aromatic heterocycles. The first-order valence-electron chi connectivity index (χ1n) is 8.39. The minimum absolute atomic E-state index is 0.0248. The molecule has 2 aromatic rings. The van der Waals surface area contributed by atoms with E-state index < -0.39 is 23.7 Å². The first kappa shape index (κ1) is 19.4. The van der Waals surface area contributed by atoms with Gasteiger partial charge < -0.3 is 5.32 Å². The molecule has 2 N–H and O–H groups in total. The predicted molar refractivity (Wildman–Crippen MR) is 98.8 cm³/mol. The summed E-state index contributed by atoms with van der Waals surface area (Å²) >= 11 is 0. The Hall–Kier alpha value is -3.36. The van der Waals surface area contributed by atoms with Crippen molar-refractivity contribution in [2.45, 2.75) is 26.1 Å². The summed E-state index contributed by atoms with van der Waals surface area (Å²) in [5.74, 6) is -1.29. The Morgan fingerprint density at radius 2 is 1.86 bits per heavy atom. The number of nitrogens with zero attached hydrogens (tertiary/aromatic N) is 2. The van der Waals surface area contributed by atoms with Crippen LogP contribution in [0.25, 0.3) is 0 Å². The predicted octanol–water partition coefficient (Wildman–Crippen LogP) is 3.29. The maximum Gasteiger partial charge on any atom is 0.416 e. The molecule has 6 nitrogen and oxygen atoms in total. The highest BCUT2D eigenvalue weighted by atomic mass is 19.4. The number of halogens is 3. The van der Waals surface area contributed by atoms with Crippen molar-refractivity contribution in [2.24, 2.45) is 4.99 Å². The molecule has 0 aliphatic carbocycles. The molecule has 1 heterocycles. The van der Waals surface area contributed by atoms with Gasteiger partial charge in [-0.3, -0.25) is 15.0 Å². The molecule has 2 amide bonds. The first-order chi connectivity index (χ1) is 13.2. The van der Waals surface area contributed by atoms with Gasteiger partial charge in [-0.15, -0.1) is 0 Å². The number of benzene rings is 2. The third-order valence-electron chi connectivity index (χ3n) is 4.15. The van der Waals surface area contributed by atoms with E-state index in [0.717, 1.165) is 6.07 Å². The molecule has 28 heavy (non-hydrogen) atoms. The maximum atomic E-state index is 13.1. The summed E-state index contributed by atoms with van der Waals surface area (Å²) in [6.45, 7) is 2.87. The van der Waals surface area contributed by atoms with Crippen LogP contribution in [0.4, 0.5) is 24.5 Å². The van der Waals surface area contributed by atoms with Crippen LogP contribution in [0.15, 0.2) is 53.5 Å². The number of para-hydroxylation sites is 1. The van der Waals surface area contributed by atoms with Gasteiger partial charge in [-0.2, -0.15) is 13.2 Å². The van der Waals surface area contributed by atoms with E-state index in [9.17, 15) is 22.8 Å². The molecule has 3 rings (SSSR count). The summed E-state index contributed by atoms with van der Waals surface area (Å²) in [6.07, 6.45) is -4.53. The molecule has 0 radical (unpaired) electrons. The van der Waals surface area contributed by atoms with Crippen LogP contribution in [-0.2, 0) is 15.8 Å². The number of hydrogen-bond acceptors (Lipinski definition) is 4. The number of amides is 2. The molecule has 0 saturated carbocycles. The summed E-state index contributed by atoms with van der Waals surface area (Å²) in [6, 6.07) is 11.3. The average Bonchev–Trinajstić information content (AvgIpc) is 2.65. The van der Waals surface area contributed by atoms with Crippen molar-refractivity contribution in [2.75, 3.05) is 10.3 Å². The van der Waals surface area contributed by atoms with Crippen LogP contribution >= 0.6 is 0 Å². The van der Waals surface area contributed by atoms with Gasteiger partial charge in [-0.1, -0.05) is 24.3 Å². The number of carbonyl (C=O) groups excluding carboxylic acids is 2. The van der Waals surface area contributed by atoms with E-state index in [1.807, 2.05) is 0 Å². The first-order valence-corrected chi connectivity index (χ1v) is 8.39. The average molecular weight is 390 g/mol. The molecule has 1 aliphatic rings. The number of aliphatic imine (C=N–C) groups is 1. The molecule has 0 saturated heterocycles. The smallest absolute Gasteiger partial charge is 0.319 e. The summed E-state index contributed by atoms with van der Waals surface area (Å²) in [4.78, 5) is 28.9. The van der Waals surface area contributed by atoms with Crippen LogP contribution in [0.2, 0.25) is 0 Å². The largest absolute Gasteiger partial charge is 0.416 e. The van der Waals surface area contributed by atoms with E-state index in [1.54, 1.807) is 30.3 Å². The highest BCUT2D eigenvalue weighted by Gasteiger charge is 2.33. The van der Waals surface area contributed by atoms with Gasteiger partial charge in [0.15, 0.2) is 0 Å². The van der Waals surface area contributed by atoms with Gasteiger partial charge in [0.1, 0.15) is 6.04 Å². The minimum Gasteiger partial charge on any atom is -0.319 e. The van der Waals surface area contributed by atoms with Crippen LogP contribution < -0.4 is 15.8 Å². The fourth-order valence-electron chi connectivity index (χ4n) is 2.70. The number of hydrazine groups is 1. The zero-order chi connectivity index (χ0) is 20.5. The van der Waals surface area contributed by atoms with Crippen LogP contribution in [0.3, 0.4) is 0 Å². The highest BCUT2D eigenvalue weighted by molar-refractivity contribution is 6.43. The summed E-state index contributed by atoms with van der Waals surface area (Å²) in [7, 11) is 0. The number of hydrogen-bond donors (Lipinski definition) is 2. The lowest BCUT2D eigenvalue weighted by molar-refractivity contribution is -0.138. The third-order valence-corrected chi connectivity index (χ3v) is 4.15. The van der Waals surface area contributed by atoms with E-state index in [1.165, 1.54) is 31.0 Å². The third kappa shape index (κ3) is 3.98. The molecule has 1 aliphatic heterocycles. The normalized spacial score (nSPS) is 17.0. The van der Waals surface area contributed by atoms with Crippen molar-refractivity contribution in [3.63, 3.8) is 0 Å². The fraction of sp³-hybridized carbons (Fsp3) is 0.211. The zero-order valence-electron chi connectivity index (χ0n) is 15.0. The number of carbonyl (C=O) groups is 2. The van der Waals surface area contributed by atoms with Gasteiger partial charge in [0.2, 0.25) is 5.84 Å². The van der Waals surface area contributed by atoms with E-state index in [0.29, 0.717) is 5.69 Å². The lowest BCUT2D eigenvalue weighted by Crippen LogP contribution is -2.57. The van der Waals surface area contributed by atoms with Crippen molar-refractivity contribution >= 4 is 29.0 Å². The number of aryl methyl sites for hydroxylation is 1. The summed E-state index contributed by atoms with van der Waals surface area (Å²) in [5.41, 5.74) is 2.32. The molecular formula is C19H17F3N4O2. The van der Waals surface area contributed by atoms with Gasteiger partial charge in [0.25, 0.3) is 11.8 Å². The second-order valence-corrected chi connectivity index (χ2v) is 6.26. The van der Waals surface area contributed by atoms with E-state index in [-0.39, 0.29) is 23.0 Å². The van der Waals surface area contributed by atoms with Gasteiger partial charge >= 0.3 is 6.18 Å². The van der Waals surface area contributed by atoms with E-state index in [2.05, 4.69) is 15.7 Å². The van der Waals surface area contributed by atoms with Crippen LogP contribution in [0.5, 0.6) is 0 Å². The number of rotatable bonds is 3. The Labute approximate surface area is 159 Å². The summed E-state index contributed by atoms with van der Waals surface area (Å²) < 4.78 is 39.2. The Bertz CT molecular complexity index is 942. The lowest BCUT2D eigenvalue weighted by atomic mass is 10.1. The molecule has 2 aromatic carbocycles. The fourth-order valence-corrected chi connectivity index (χ4v) is 2.70. The highest BCUT2D eigenvalue weighted by Crippen LogP contribution is 2.33. The molecule has 0 spiro atoms. The van der Waals surface area contributed by atoms with Gasteiger partial charge in [-0.05, 0) is 43.7 Å². The van der Waals surface area contributed by atoms with Crippen molar-refractivity contribution in [1.82, 2.24) is 5.43 Å². The van der Waals surface area contributed by atoms with E-state index >= 15 is 0 Å². The molecule has 1 unspecified atom stereocenters. The minimum atomic E-state index is -4.53. The van der Waals surface area contributed by atoms with E-state index in [4.69, 9.17) is 0 Å². The standard InChI is InChI=1S/C19H17F3N4O2/c1-11-8-9-13(10-15(11)19(20,21)22)24-17(27)16-23-12(2)18(28)26(25-16)14-6-4-3-5-7-14/h3-10,12H,1-2H3,(H,23,25)(H,24,27). The number of amidine groups is 1. The van der Waals surface area contributed by atoms with Gasteiger partial charge in [-0.25, -0.2) is 10.0 Å². The number of alkyl halides is 3. The maximum absolute atomic E-state index is 13.1. The molecule has 0 fully saturated rings. The Morgan fingerprint density at radius 1 is 1.18 bits per heavy atom. The van der Waals surface area contributed by atoms with Crippen molar-refractivity contribution in [3.05, 3.63) is 59.7 Å². The second-order valence-electron chi connectivity index (χ2n) is 6.26. The monoisotopic (exact) mass is 390 g/mol. The quantitative estimate of drug-likeness (QED) is 0.845. The Morgan fingerprint density at radius 3 is 2.50 bits per heavy atom. The lowest BCUT2D eigenvalue weighted by Gasteiger charge is -2.30. The van der Waals surface area contributed by atoms with Gasteiger partial charge in [0, 0.05) is 5.69 Å². The molecule has 9 heteroatoms. The van der Waals surface area contributed by atoms with Crippen molar-refractivity contribution in [3.8, 4) is 0 Å². The SMILES string of the molecule is Cc1ccc(NC(=O)C2=NC(C)C(=O)N(c3ccccc3)N2)cc1C(F)(F)F. The number of anilines is 2. The molecule has 0 bridgehead atoms. The second kappa shape index (κ2) is 7.34. The Balaban J connectivity index is 1.83. The van der Waals surface area contributed by atoms with Gasteiger partial charge in [0.05, 0.1) is 11.3 Å². The summed E-state index contributed by atoms with van der Waals surface area (Å²) in [5, 5.41) is 3.57. The Kier molecular flexibility index (Phi) is 5.08.